The van der Waals surface area contributed by atoms with Crippen molar-refractivity contribution in [2.24, 2.45) is 0 Å². The zero-order chi connectivity index (χ0) is 46.0. The number of unbranched alkanes of at least 4 members (excludes halogenated alkanes) is 10. The van der Waals surface area contributed by atoms with Gasteiger partial charge in [-0.3, -0.25) is 0 Å². The molecule has 0 fully saturated rings. The highest BCUT2D eigenvalue weighted by atomic mass is 32.2. The van der Waals surface area contributed by atoms with Crippen LogP contribution in [-0.2, 0) is 5.41 Å². The lowest BCUT2D eigenvalue weighted by molar-refractivity contribution is 0.397. The SMILES string of the molecule is CCCCCCCCC1(CCCCCCCC)c2cc(C)c(Sc3ccc(-c4nnc(-c5ccccc5)o4)cc3)cc2-c2cc(Sc3ccc(-c4nnc(-c5ccccc5)o4)cc3)c(C)cc21. The van der Waals surface area contributed by atoms with E-state index >= 15 is 0 Å². The molecule has 9 rings (SSSR count). The van der Waals surface area contributed by atoms with Gasteiger partial charge in [-0.15, -0.1) is 20.4 Å². The van der Waals surface area contributed by atoms with Crippen LogP contribution in [0.5, 0.6) is 0 Å². The minimum absolute atomic E-state index is 0.00323. The number of fused-ring (bicyclic) bond motifs is 3. The predicted octanol–water partition coefficient (Wildman–Crippen LogP) is 17.8. The summed E-state index contributed by atoms with van der Waals surface area (Å²) in [6.07, 6.45) is 18.0. The summed E-state index contributed by atoms with van der Waals surface area (Å²) in [5, 5.41) is 17.4. The second-order valence-corrected chi connectivity index (χ2v) is 20.5. The normalized spacial score (nSPS) is 12.7. The average Bonchev–Trinajstić information content (AvgIpc) is 4.12. The Morgan fingerprint density at radius 3 is 1.12 bits per heavy atom. The maximum Gasteiger partial charge on any atom is 0.248 e. The second-order valence-electron chi connectivity index (χ2n) is 18.3. The number of aryl methyl sites for hydroxylation is 2. The first-order valence-electron chi connectivity index (χ1n) is 24.6. The molecular formula is C59H62N4O2S2. The van der Waals surface area contributed by atoms with E-state index in [1.807, 2.05) is 84.2 Å². The lowest BCUT2D eigenvalue weighted by Gasteiger charge is -2.33. The van der Waals surface area contributed by atoms with Crippen LogP contribution in [-0.4, -0.2) is 20.4 Å². The van der Waals surface area contributed by atoms with E-state index in [0.717, 1.165) is 22.3 Å². The van der Waals surface area contributed by atoms with Crippen LogP contribution in [0.2, 0.25) is 0 Å². The number of hydrogen-bond donors (Lipinski definition) is 0. The molecule has 342 valence electrons. The van der Waals surface area contributed by atoms with E-state index < -0.39 is 0 Å². The molecule has 6 nitrogen and oxygen atoms in total. The summed E-state index contributed by atoms with van der Waals surface area (Å²) in [6, 6.07) is 47.1. The Morgan fingerprint density at radius 2 is 0.746 bits per heavy atom. The van der Waals surface area contributed by atoms with Crippen molar-refractivity contribution in [2.45, 2.75) is 143 Å². The number of hydrogen-bond acceptors (Lipinski definition) is 8. The molecule has 1 aliphatic rings. The second kappa shape index (κ2) is 21.9. The van der Waals surface area contributed by atoms with E-state index in [0.29, 0.717) is 23.6 Å². The van der Waals surface area contributed by atoms with Crippen LogP contribution in [0.25, 0.3) is 56.9 Å². The van der Waals surface area contributed by atoms with Gasteiger partial charge in [-0.1, -0.05) is 163 Å². The zero-order valence-corrected chi connectivity index (χ0v) is 41.2. The fourth-order valence-corrected chi connectivity index (χ4v) is 11.6. The molecule has 1 aliphatic carbocycles. The number of rotatable bonds is 22. The monoisotopic (exact) mass is 922 g/mol. The maximum absolute atomic E-state index is 6.10. The van der Waals surface area contributed by atoms with Gasteiger partial charge in [0.25, 0.3) is 0 Å². The summed E-state index contributed by atoms with van der Waals surface area (Å²) in [7, 11) is 0. The van der Waals surface area contributed by atoms with Crippen molar-refractivity contribution in [1.29, 1.82) is 0 Å². The third-order valence-electron chi connectivity index (χ3n) is 13.4. The highest BCUT2D eigenvalue weighted by molar-refractivity contribution is 7.99. The minimum atomic E-state index is -0.00323. The van der Waals surface area contributed by atoms with Gasteiger partial charge in [-0.05, 0) is 145 Å². The quantitative estimate of drug-likeness (QED) is 0.0622. The molecule has 0 bridgehead atoms. The molecule has 2 heterocycles. The van der Waals surface area contributed by atoms with Crippen molar-refractivity contribution >= 4 is 23.5 Å². The highest BCUT2D eigenvalue weighted by Gasteiger charge is 2.43. The van der Waals surface area contributed by atoms with Gasteiger partial charge in [0, 0.05) is 47.3 Å². The van der Waals surface area contributed by atoms with Crippen molar-refractivity contribution < 1.29 is 8.83 Å². The largest absolute Gasteiger partial charge is 0.416 e. The molecule has 2 aromatic heterocycles. The summed E-state index contributed by atoms with van der Waals surface area (Å²) >= 11 is 3.68. The first-order chi connectivity index (χ1) is 32.9. The smallest absolute Gasteiger partial charge is 0.248 e. The molecule has 8 heteroatoms. The maximum atomic E-state index is 6.10. The highest BCUT2D eigenvalue weighted by Crippen LogP contribution is 2.57. The van der Waals surface area contributed by atoms with Crippen molar-refractivity contribution in [2.75, 3.05) is 0 Å². The Kier molecular flexibility index (Phi) is 15.2. The fourth-order valence-electron chi connectivity index (χ4n) is 9.72. The van der Waals surface area contributed by atoms with E-state index in [1.54, 1.807) is 0 Å². The molecule has 0 unspecified atom stereocenters. The molecule has 0 atom stereocenters. The summed E-state index contributed by atoms with van der Waals surface area (Å²) in [5.74, 6) is 2.11. The lowest BCUT2D eigenvalue weighted by Crippen LogP contribution is -2.26. The summed E-state index contributed by atoms with van der Waals surface area (Å²) in [6.45, 7) is 9.25. The molecule has 8 aromatic rings. The molecule has 67 heavy (non-hydrogen) atoms. The van der Waals surface area contributed by atoms with Crippen molar-refractivity contribution in [3.63, 3.8) is 0 Å². The van der Waals surface area contributed by atoms with Gasteiger partial charge in [0.15, 0.2) is 0 Å². The third kappa shape index (κ3) is 10.7. The number of nitrogens with zero attached hydrogens (tertiary/aromatic N) is 4. The standard InChI is InChI=1S/C59H62N4O2S2/c1-5-7-9-11-13-21-35-59(36-22-14-12-10-8-6-2)51-37-41(3)53(66-47-31-27-45(28-32-47)57-62-60-55(64-57)43-23-17-15-18-24-43)39-49(51)50-40-54(42(4)38-52(50)59)67-48-33-29-46(30-34-48)58-63-61-56(65-58)44-25-19-16-20-26-44/h15-20,23-34,37-40H,5-14,21-22,35-36H2,1-4H3. The average molecular weight is 923 g/mol. The Hall–Kier alpha value is -5.70. The molecule has 0 saturated heterocycles. The Balaban J connectivity index is 1.03. The van der Waals surface area contributed by atoms with Crippen LogP contribution in [0.15, 0.2) is 162 Å². The molecule has 0 spiro atoms. The van der Waals surface area contributed by atoms with Gasteiger partial charge in [0.05, 0.1) is 0 Å². The van der Waals surface area contributed by atoms with Crippen LogP contribution in [0.3, 0.4) is 0 Å². The van der Waals surface area contributed by atoms with Gasteiger partial charge < -0.3 is 8.83 Å². The fraction of sp³-hybridized carbons (Fsp3) is 0.322. The molecule has 0 radical (unpaired) electrons. The van der Waals surface area contributed by atoms with Gasteiger partial charge in [-0.2, -0.15) is 0 Å². The molecule has 0 aliphatic heterocycles. The van der Waals surface area contributed by atoms with Crippen molar-refractivity contribution in [3.8, 4) is 56.9 Å². The number of aromatic nitrogens is 4. The predicted molar refractivity (Wildman–Crippen MR) is 277 cm³/mol. The van der Waals surface area contributed by atoms with Gasteiger partial charge >= 0.3 is 0 Å². The summed E-state index contributed by atoms with van der Waals surface area (Å²) in [5.41, 5.74) is 12.2. The third-order valence-corrected chi connectivity index (χ3v) is 15.8. The first kappa shape index (κ1) is 46.4. The Labute approximate surface area is 405 Å². The van der Waals surface area contributed by atoms with Gasteiger partial charge in [0.1, 0.15) is 0 Å². The van der Waals surface area contributed by atoms with Gasteiger partial charge in [0.2, 0.25) is 23.6 Å². The van der Waals surface area contributed by atoms with Crippen molar-refractivity contribution in [3.05, 3.63) is 156 Å². The minimum Gasteiger partial charge on any atom is -0.416 e. The van der Waals surface area contributed by atoms with E-state index in [-0.39, 0.29) is 5.41 Å². The van der Waals surface area contributed by atoms with Crippen LogP contribution in [0.4, 0.5) is 0 Å². The van der Waals surface area contributed by atoms with Crippen LogP contribution in [0, 0.1) is 13.8 Å². The van der Waals surface area contributed by atoms with E-state index in [9.17, 15) is 0 Å². The molecule has 0 N–H and O–H groups in total. The van der Waals surface area contributed by atoms with Crippen molar-refractivity contribution in [1.82, 2.24) is 20.4 Å². The topological polar surface area (TPSA) is 77.8 Å². The summed E-state index contributed by atoms with van der Waals surface area (Å²) < 4.78 is 12.2. The lowest BCUT2D eigenvalue weighted by atomic mass is 9.70. The Bertz CT molecular complexity index is 2660. The molecular weight excluding hydrogens is 861 g/mol. The molecule has 0 saturated carbocycles. The molecule has 0 amide bonds. The first-order valence-corrected chi connectivity index (χ1v) is 26.2. The summed E-state index contributed by atoms with van der Waals surface area (Å²) in [4.78, 5) is 4.94. The van der Waals surface area contributed by atoms with E-state index in [2.05, 4.69) is 121 Å². The van der Waals surface area contributed by atoms with Crippen LogP contribution >= 0.6 is 23.5 Å². The van der Waals surface area contributed by atoms with Crippen LogP contribution < -0.4 is 0 Å². The Morgan fingerprint density at radius 1 is 0.403 bits per heavy atom. The van der Waals surface area contributed by atoms with E-state index in [1.165, 1.54) is 143 Å². The number of benzene rings is 6. The zero-order valence-electron chi connectivity index (χ0n) is 39.5. The van der Waals surface area contributed by atoms with Gasteiger partial charge in [-0.25, -0.2) is 0 Å². The van der Waals surface area contributed by atoms with Crippen LogP contribution in [0.1, 0.15) is 126 Å². The van der Waals surface area contributed by atoms with E-state index in [4.69, 9.17) is 8.83 Å². The molecule has 6 aromatic carbocycles.